The lowest BCUT2D eigenvalue weighted by Gasteiger charge is -2.27. The lowest BCUT2D eigenvalue weighted by atomic mass is 9.94. The van der Waals surface area contributed by atoms with Crippen LogP contribution in [0.1, 0.15) is 68.8 Å². The van der Waals surface area contributed by atoms with Crippen LogP contribution in [0, 0.1) is 13.8 Å². The zero-order valence-electron chi connectivity index (χ0n) is 26.5. The van der Waals surface area contributed by atoms with E-state index >= 15 is 0 Å². The molecule has 0 saturated heterocycles. The molecule has 4 aromatic rings. The number of hydrogen-bond acceptors (Lipinski definition) is 8. The fourth-order valence-electron chi connectivity index (χ4n) is 4.66. The molecule has 3 N–H and O–H groups in total. The number of nitrogens with one attached hydrogen (secondary N) is 2. The molecule has 4 rings (SSSR count). The molecular weight excluding hydrogens is 586 g/mol. The van der Waals surface area contributed by atoms with Crippen LogP contribution in [0.25, 0.3) is 11.1 Å². The summed E-state index contributed by atoms with van der Waals surface area (Å²) in [6.45, 7) is 9.13. The summed E-state index contributed by atoms with van der Waals surface area (Å²) in [5.74, 6) is -0.808. The fraction of sp³-hybridized carbons (Fsp3) is 0.257. The topological polar surface area (TPSA) is 151 Å². The van der Waals surface area contributed by atoms with Crippen molar-refractivity contribution in [3.63, 3.8) is 0 Å². The van der Waals surface area contributed by atoms with Crippen molar-refractivity contribution in [2.24, 2.45) is 0 Å². The highest BCUT2D eigenvalue weighted by molar-refractivity contribution is 6.05. The van der Waals surface area contributed by atoms with Gasteiger partial charge in [-0.15, -0.1) is 0 Å². The van der Waals surface area contributed by atoms with Gasteiger partial charge in [0, 0.05) is 35.9 Å². The first-order valence-corrected chi connectivity index (χ1v) is 14.7. The van der Waals surface area contributed by atoms with E-state index in [4.69, 9.17) is 4.74 Å². The van der Waals surface area contributed by atoms with E-state index in [1.165, 1.54) is 29.4 Å². The van der Waals surface area contributed by atoms with Gasteiger partial charge in [-0.1, -0.05) is 30.3 Å². The number of aromatic nitrogens is 2. The minimum absolute atomic E-state index is 0.0923. The van der Waals surface area contributed by atoms with Gasteiger partial charge in [0.2, 0.25) is 0 Å². The third-order valence-electron chi connectivity index (χ3n) is 7.06. The monoisotopic (exact) mass is 623 g/mol. The van der Waals surface area contributed by atoms with Crippen LogP contribution < -0.4 is 10.6 Å². The number of carbonyl (C=O) groups excluding carboxylic acids is 4. The molecule has 2 aromatic heterocycles. The lowest BCUT2D eigenvalue weighted by Crippen LogP contribution is -2.38. The Labute approximate surface area is 267 Å². The van der Waals surface area contributed by atoms with Gasteiger partial charge in [-0.2, -0.15) is 0 Å². The number of ether oxygens (including phenoxy) is 1. The lowest BCUT2D eigenvalue weighted by molar-refractivity contribution is 0.0201. The van der Waals surface area contributed by atoms with E-state index in [0.29, 0.717) is 28.8 Å². The third kappa shape index (κ3) is 8.39. The Kier molecular flexibility index (Phi) is 10.6. The first-order chi connectivity index (χ1) is 21.9. The maximum absolute atomic E-state index is 13.2. The van der Waals surface area contributed by atoms with Crippen LogP contribution >= 0.6 is 0 Å². The van der Waals surface area contributed by atoms with Gasteiger partial charge in [0.05, 0.1) is 13.2 Å². The molecule has 0 spiro atoms. The van der Waals surface area contributed by atoms with Crippen LogP contribution in [0.15, 0.2) is 73.1 Å². The first-order valence-electron chi connectivity index (χ1n) is 14.7. The predicted octanol–water partition coefficient (Wildman–Crippen LogP) is 5.81. The molecular formula is C35H37N5O6. The standard InChI is InChI=1S/C35H37N5O6/c1-22-26(27-9-7-11-29(23(27)2)39-33(44)31-15-13-25(21-42)19-37-31)8-6-10-28(22)38-32(43)30-14-12-24(18-36-30)20-40(16-17-41)34(45)46-35(3,4)5/h6-15,18-19,21,41H,16-17,20H2,1-5H3,(H,38,43)(H,39,44). The Morgan fingerprint density at radius 2 is 1.37 bits per heavy atom. The van der Waals surface area contributed by atoms with Gasteiger partial charge in [0.1, 0.15) is 17.0 Å². The van der Waals surface area contributed by atoms with E-state index in [-0.39, 0.29) is 31.1 Å². The number of amides is 3. The molecule has 0 saturated carbocycles. The summed E-state index contributed by atoms with van der Waals surface area (Å²) in [6, 6.07) is 17.5. The molecule has 0 radical (unpaired) electrons. The van der Waals surface area contributed by atoms with Gasteiger partial charge in [0.15, 0.2) is 6.29 Å². The second-order valence-electron chi connectivity index (χ2n) is 11.6. The quantitative estimate of drug-likeness (QED) is 0.187. The minimum atomic E-state index is -0.679. The summed E-state index contributed by atoms with van der Waals surface area (Å²) < 4.78 is 5.42. The molecule has 46 heavy (non-hydrogen) atoms. The van der Waals surface area contributed by atoms with E-state index in [9.17, 15) is 24.3 Å². The number of aliphatic hydroxyl groups excluding tert-OH is 1. The van der Waals surface area contributed by atoms with Crippen molar-refractivity contribution in [1.29, 1.82) is 0 Å². The van der Waals surface area contributed by atoms with Crippen molar-refractivity contribution in [1.82, 2.24) is 14.9 Å². The van der Waals surface area contributed by atoms with Crippen LogP contribution in [-0.2, 0) is 11.3 Å². The molecule has 0 aliphatic carbocycles. The van der Waals surface area contributed by atoms with E-state index in [1.807, 2.05) is 38.1 Å². The zero-order valence-corrected chi connectivity index (χ0v) is 26.5. The molecule has 0 aliphatic rings. The number of aldehydes is 1. The van der Waals surface area contributed by atoms with E-state index in [2.05, 4.69) is 20.6 Å². The molecule has 0 atom stereocenters. The summed E-state index contributed by atoms with van der Waals surface area (Å²) in [5, 5.41) is 15.2. The van der Waals surface area contributed by atoms with Gasteiger partial charge in [-0.25, -0.2) is 4.79 Å². The maximum Gasteiger partial charge on any atom is 0.410 e. The van der Waals surface area contributed by atoms with Gasteiger partial charge in [0.25, 0.3) is 11.8 Å². The van der Waals surface area contributed by atoms with Crippen molar-refractivity contribution in [3.8, 4) is 11.1 Å². The molecule has 2 heterocycles. The molecule has 0 fully saturated rings. The van der Waals surface area contributed by atoms with Crippen LogP contribution in [0.3, 0.4) is 0 Å². The van der Waals surface area contributed by atoms with Crippen molar-refractivity contribution in [3.05, 3.63) is 107 Å². The molecule has 11 nitrogen and oxygen atoms in total. The molecule has 0 bridgehead atoms. The summed E-state index contributed by atoms with van der Waals surface area (Å²) in [4.78, 5) is 59.2. The van der Waals surface area contributed by atoms with Gasteiger partial charge < -0.3 is 25.4 Å². The summed E-state index contributed by atoms with van der Waals surface area (Å²) >= 11 is 0. The SMILES string of the molecule is Cc1c(NC(=O)c2ccc(C=O)cn2)cccc1-c1cccc(NC(=O)c2ccc(CN(CCO)C(=O)OC(C)(C)C)cn2)c1C. The number of nitrogens with zero attached hydrogens (tertiary/aromatic N) is 3. The number of anilines is 2. The van der Waals surface area contributed by atoms with Crippen molar-refractivity contribution in [2.75, 3.05) is 23.8 Å². The van der Waals surface area contributed by atoms with Crippen molar-refractivity contribution < 1.29 is 29.0 Å². The summed E-state index contributed by atoms with van der Waals surface area (Å²) in [6.07, 6.45) is 2.97. The highest BCUT2D eigenvalue weighted by Gasteiger charge is 2.22. The smallest absolute Gasteiger partial charge is 0.410 e. The molecule has 11 heteroatoms. The molecule has 238 valence electrons. The fourth-order valence-corrected chi connectivity index (χ4v) is 4.66. The van der Waals surface area contributed by atoms with Crippen LogP contribution in [0.4, 0.5) is 16.2 Å². The largest absolute Gasteiger partial charge is 0.444 e. The average molecular weight is 624 g/mol. The number of carbonyl (C=O) groups is 4. The number of pyridine rings is 2. The van der Waals surface area contributed by atoms with E-state index < -0.39 is 23.5 Å². The Bertz CT molecular complexity index is 1730. The van der Waals surface area contributed by atoms with E-state index in [1.54, 1.807) is 45.0 Å². The van der Waals surface area contributed by atoms with Gasteiger partial charge >= 0.3 is 6.09 Å². The number of hydrogen-bond donors (Lipinski definition) is 3. The Balaban J connectivity index is 1.48. The second kappa shape index (κ2) is 14.6. The predicted molar refractivity (Wildman–Crippen MR) is 175 cm³/mol. The zero-order chi connectivity index (χ0) is 33.4. The van der Waals surface area contributed by atoms with Crippen LogP contribution in [0.2, 0.25) is 0 Å². The first kappa shape index (κ1) is 33.5. The Morgan fingerprint density at radius 1 is 0.826 bits per heavy atom. The molecule has 0 unspecified atom stereocenters. The number of benzene rings is 2. The highest BCUT2D eigenvalue weighted by atomic mass is 16.6. The van der Waals surface area contributed by atoms with E-state index in [0.717, 1.165) is 22.3 Å². The second-order valence-corrected chi connectivity index (χ2v) is 11.6. The minimum Gasteiger partial charge on any atom is -0.444 e. The third-order valence-corrected chi connectivity index (χ3v) is 7.06. The average Bonchev–Trinajstić information content (AvgIpc) is 3.02. The highest BCUT2D eigenvalue weighted by Crippen LogP contribution is 2.34. The maximum atomic E-state index is 13.2. The molecule has 2 aromatic carbocycles. The van der Waals surface area contributed by atoms with Crippen LogP contribution in [0.5, 0.6) is 0 Å². The normalized spacial score (nSPS) is 11.0. The van der Waals surface area contributed by atoms with Crippen LogP contribution in [-0.4, -0.2) is 62.9 Å². The number of rotatable bonds is 10. The molecule has 0 aliphatic heterocycles. The molecule has 3 amide bonds. The van der Waals surface area contributed by atoms with Crippen molar-refractivity contribution in [2.45, 2.75) is 46.8 Å². The number of aliphatic hydroxyl groups is 1. The van der Waals surface area contributed by atoms with Crippen molar-refractivity contribution >= 4 is 35.6 Å². The summed E-state index contributed by atoms with van der Waals surface area (Å²) in [7, 11) is 0. The Morgan fingerprint density at radius 3 is 1.80 bits per heavy atom. The Hall–Kier alpha value is -5.42. The van der Waals surface area contributed by atoms with Gasteiger partial charge in [-0.05, 0) is 92.8 Å². The van der Waals surface area contributed by atoms with Gasteiger partial charge in [-0.3, -0.25) is 24.4 Å². The summed E-state index contributed by atoms with van der Waals surface area (Å²) in [5.41, 5.74) is 5.33.